The van der Waals surface area contributed by atoms with Crippen molar-refractivity contribution in [2.75, 3.05) is 18.4 Å². The first-order chi connectivity index (χ1) is 14.0. The molecule has 0 spiro atoms. The Bertz CT molecular complexity index is 823. The fourth-order valence-corrected chi connectivity index (χ4v) is 3.45. The summed E-state index contributed by atoms with van der Waals surface area (Å²) in [6.07, 6.45) is 1.67. The molecule has 1 saturated heterocycles. The molecule has 2 aromatic rings. The summed E-state index contributed by atoms with van der Waals surface area (Å²) in [5, 5.41) is 5.91. The molecular weight excluding hydrogens is 366 g/mol. The number of hydrogen-bond donors (Lipinski definition) is 2. The molecule has 1 fully saturated rings. The van der Waals surface area contributed by atoms with Crippen LogP contribution in [0, 0.1) is 5.92 Å². The van der Waals surface area contributed by atoms with Crippen LogP contribution in [0.15, 0.2) is 54.6 Å². The second kappa shape index (κ2) is 9.96. The highest BCUT2D eigenvalue weighted by Gasteiger charge is 2.28. The average molecular weight is 396 g/mol. The second-order valence-electron chi connectivity index (χ2n) is 7.57. The second-order valence-corrected chi connectivity index (χ2v) is 7.57. The Morgan fingerprint density at radius 2 is 1.83 bits per heavy atom. The molecule has 0 aliphatic carbocycles. The first-order valence-electron chi connectivity index (χ1n) is 10.2. The molecule has 6 nitrogen and oxygen atoms in total. The molecule has 1 aliphatic heterocycles. The first kappa shape index (κ1) is 20.7. The zero-order valence-electron chi connectivity index (χ0n) is 17.1. The summed E-state index contributed by atoms with van der Waals surface area (Å²) in [6.45, 7) is 5.45. The van der Waals surface area contributed by atoms with E-state index in [2.05, 4.69) is 10.6 Å². The minimum absolute atomic E-state index is 0.0263. The zero-order valence-corrected chi connectivity index (χ0v) is 17.1. The highest BCUT2D eigenvalue weighted by Crippen LogP contribution is 2.21. The maximum atomic E-state index is 12.7. The van der Waals surface area contributed by atoms with Gasteiger partial charge in [-0.25, -0.2) is 4.79 Å². The summed E-state index contributed by atoms with van der Waals surface area (Å²) in [7, 11) is 0. The van der Waals surface area contributed by atoms with Gasteiger partial charge in [-0.1, -0.05) is 36.4 Å². The summed E-state index contributed by atoms with van der Waals surface area (Å²) in [4.78, 5) is 27.0. The van der Waals surface area contributed by atoms with Crippen molar-refractivity contribution in [1.29, 1.82) is 0 Å². The van der Waals surface area contributed by atoms with Gasteiger partial charge in [0.05, 0.1) is 12.0 Å². The number of para-hydroxylation sites is 2. The Morgan fingerprint density at radius 3 is 2.59 bits per heavy atom. The van der Waals surface area contributed by atoms with Crippen LogP contribution in [0.5, 0.6) is 5.75 Å². The smallest absolute Gasteiger partial charge is 0.321 e. The van der Waals surface area contributed by atoms with E-state index in [1.54, 1.807) is 4.90 Å². The number of nitrogens with one attached hydrogen (secondary N) is 2. The van der Waals surface area contributed by atoms with Crippen molar-refractivity contribution in [3.8, 4) is 5.75 Å². The van der Waals surface area contributed by atoms with Gasteiger partial charge in [-0.3, -0.25) is 4.79 Å². The summed E-state index contributed by atoms with van der Waals surface area (Å²) in [5.74, 6) is 0.556. The minimum atomic E-state index is -0.205. The van der Waals surface area contributed by atoms with Crippen molar-refractivity contribution in [2.45, 2.75) is 39.3 Å². The minimum Gasteiger partial charge on any atom is -0.491 e. The number of carbonyl (C=O) groups excluding carboxylic acids is 2. The molecule has 0 bridgehead atoms. The Morgan fingerprint density at radius 1 is 1.10 bits per heavy atom. The maximum Gasteiger partial charge on any atom is 0.321 e. The first-order valence-corrected chi connectivity index (χ1v) is 10.2. The van der Waals surface area contributed by atoms with Crippen molar-refractivity contribution in [2.24, 2.45) is 5.92 Å². The topological polar surface area (TPSA) is 70.7 Å². The molecule has 6 heteroatoms. The van der Waals surface area contributed by atoms with Gasteiger partial charge in [0.2, 0.25) is 5.91 Å². The Balaban J connectivity index is 1.54. The van der Waals surface area contributed by atoms with Crippen LogP contribution in [0.4, 0.5) is 10.5 Å². The zero-order chi connectivity index (χ0) is 20.6. The summed E-state index contributed by atoms with van der Waals surface area (Å²) < 4.78 is 5.82. The third-order valence-electron chi connectivity index (χ3n) is 4.89. The molecule has 1 heterocycles. The van der Waals surface area contributed by atoms with Gasteiger partial charge in [0.15, 0.2) is 0 Å². The normalized spacial score (nSPS) is 16.4. The van der Waals surface area contributed by atoms with Gasteiger partial charge >= 0.3 is 6.03 Å². The maximum absolute atomic E-state index is 12.7. The van der Waals surface area contributed by atoms with E-state index in [4.69, 9.17) is 4.74 Å². The van der Waals surface area contributed by atoms with Crippen LogP contribution >= 0.6 is 0 Å². The van der Waals surface area contributed by atoms with Gasteiger partial charge in [0.25, 0.3) is 0 Å². The predicted molar refractivity (Wildman–Crippen MR) is 114 cm³/mol. The molecule has 1 unspecified atom stereocenters. The van der Waals surface area contributed by atoms with Crippen molar-refractivity contribution in [3.63, 3.8) is 0 Å². The van der Waals surface area contributed by atoms with E-state index in [1.807, 2.05) is 68.4 Å². The Kier molecular flexibility index (Phi) is 7.11. The lowest BCUT2D eigenvalue weighted by atomic mass is 9.97. The predicted octanol–water partition coefficient (Wildman–Crippen LogP) is 4.03. The lowest BCUT2D eigenvalue weighted by Gasteiger charge is -2.32. The van der Waals surface area contributed by atoms with E-state index in [1.165, 1.54) is 0 Å². The number of nitrogens with zero attached hydrogens (tertiary/aromatic N) is 1. The highest BCUT2D eigenvalue weighted by molar-refractivity contribution is 5.90. The van der Waals surface area contributed by atoms with Crippen molar-refractivity contribution in [1.82, 2.24) is 10.2 Å². The van der Waals surface area contributed by atoms with Crippen molar-refractivity contribution < 1.29 is 14.3 Å². The van der Waals surface area contributed by atoms with Crippen LogP contribution in [-0.2, 0) is 11.3 Å². The third-order valence-corrected chi connectivity index (χ3v) is 4.89. The van der Waals surface area contributed by atoms with Gasteiger partial charge < -0.3 is 20.3 Å². The monoisotopic (exact) mass is 395 g/mol. The molecule has 0 radical (unpaired) electrons. The van der Waals surface area contributed by atoms with Gasteiger partial charge in [-0.2, -0.15) is 0 Å². The number of likely N-dealkylation sites (tertiary alicyclic amines) is 1. The molecule has 2 aromatic carbocycles. The number of carbonyl (C=O) groups is 2. The number of benzene rings is 2. The lowest BCUT2D eigenvalue weighted by molar-refractivity contribution is -0.126. The number of anilines is 1. The van der Waals surface area contributed by atoms with Crippen LogP contribution in [-0.4, -0.2) is 36.0 Å². The third kappa shape index (κ3) is 5.98. The van der Waals surface area contributed by atoms with E-state index >= 15 is 0 Å². The fraction of sp³-hybridized carbons (Fsp3) is 0.391. The van der Waals surface area contributed by atoms with E-state index in [9.17, 15) is 9.59 Å². The Labute approximate surface area is 172 Å². The van der Waals surface area contributed by atoms with Gasteiger partial charge in [-0.15, -0.1) is 0 Å². The summed E-state index contributed by atoms with van der Waals surface area (Å²) in [6, 6.07) is 16.9. The number of hydrogen-bond acceptors (Lipinski definition) is 3. The molecule has 1 aliphatic rings. The van der Waals surface area contributed by atoms with Crippen LogP contribution in [0.25, 0.3) is 0 Å². The van der Waals surface area contributed by atoms with Crippen molar-refractivity contribution in [3.05, 3.63) is 60.2 Å². The van der Waals surface area contributed by atoms with E-state index in [0.717, 1.165) is 29.8 Å². The fourth-order valence-electron chi connectivity index (χ4n) is 3.45. The molecule has 0 saturated carbocycles. The van der Waals surface area contributed by atoms with Gasteiger partial charge in [0.1, 0.15) is 5.75 Å². The highest BCUT2D eigenvalue weighted by atomic mass is 16.5. The summed E-state index contributed by atoms with van der Waals surface area (Å²) >= 11 is 0. The van der Waals surface area contributed by atoms with E-state index in [-0.39, 0.29) is 24.0 Å². The van der Waals surface area contributed by atoms with E-state index < -0.39 is 0 Å². The Hall–Kier alpha value is -3.02. The van der Waals surface area contributed by atoms with Crippen LogP contribution < -0.4 is 15.4 Å². The van der Waals surface area contributed by atoms with Crippen LogP contribution in [0.2, 0.25) is 0 Å². The molecule has 0 aromatic heterocycles. The number of rotatable bonds is 6. The van der Waals surface area contributed by atoms with Gasteiger partial charge in [0, 0.05) is 30.9 Å². The molecule has 29 heavy (non-hydrogen) atoms. The quantitative estimate of drug-likeness (QED) is 0.776. The number of ether oxygens (including phenoxy) is 1. The standard InChI is InChI=1S/C23H29N3O3/c1-17(2)29-21-13-7-6-9-18(21)15-24-22(27)19-10-8-14-26(16-19)23(28)25-20-11-4-3-5-12-20/h3-7,9,11-13,17,19H,8,10,14-16H2,1-2H3,(H,24,27)(H,25,28). The van der Waals surface area contributed by atoms with Crippen molar-refractivity contribution >= 4 is 17.6 Å². The molecule has 154 valence electrons. The molecular formula is C23H29N3O3. The number of amides is 3. The number of piperidine rings is 1. The van der Waals surface area contributed by atoms with Crippen LogP contribution in [0.1, 0.15) is 32.3 Å². The average Bonchev–Trinajstić information content (AvgIpc) is 2.73. The number of urea groups is 1. The molecule has 1 atom stereocenters. The van der Waals surface area contributed by atoms with Gasteiger partial charge in [-0.05, 0) is 44.9 Å². The largest absolute Gasteiger partial charge is 0.491 e. The SMILES string of the molecule is CC(C)Oc1ccccc1CNC(=O)C1CCCN(C(=O)Nc2ccccc2)C1. The van der Waals surface area contributed by atoms with E-state index in [0.29, 0.717) is 19.6 Å². The molecule has 3 rings (SSSR count). The summed E-state index contributed by atoms with van der Waals surface area (Å²) in [5.41, 5.74) is 1.70. The molecule has 2 N–H and O–H groups in total. The van der Waals surface area contributed by atoms with Crippen LogP contribution in [0.3, 0.4) is 0 Å². The lowest BCUT2D eigenvalue weighted by Crippen LogP contribution is -2.46. The molecule has 3 amide bonds.